The molecule has 2 unspecified atom stereocenters. The van der Waals surface area contributed by atoms with Gasteiger partial charge in [-0.05, 0) is 46.4 Å². The lowest BCUT2D eigenvalue weighted by molar-refractivity contribution is 0.640. The van der Waals surface area contributed by atoms with Crippen LogP contribution >= 0.6 is 11.3 Å². The smallest absolute Gasteiger partial charge is 0.127 e. The lowest BCUT2D eigenvalue weighted by atomic mass is 9.79. The van der Waals surface area contributed by atoms with Crippen LogP contribution in [-0.4, -0.2) is 19.9 Å². The van der Waals surface area contributed by atoms with Crippen molar-refractivity contribution in [3.05, 3.63) is 102 Å². The van der Waals surface area contributed by atoms with Crippen LogP contribution in [0.3, 0.4) is 0 Å². The number of anilines is 1. The minimum atomic E-state index is 0.0206. The number of nitrogens with two attached hydrogens (primary N) is 1. The van der Waals surface area contributed by atoms with E-state index in [9.17, 15) is 0 Å². The summed E-state index contributed by atoms with van der Waals surface area (Å²) in [4.78, 5) is 17.4. The Morgan fingerprint density at radius 3 is 2.61 bits per heavy atom. The summed E-state index contributed by atoms with van der Waals surface area (Å²) in [6, 6.07) is 21.0. The molecule has 5 rings (SSSR count). The number of aromatic nitrogens is 4. The normalized spacial score (nSPS) is 13.2. The maximum Gasteiger partial charge on any atom is 0.127 e. The van der Waals surface area contributed by atoms with Gasteiger partial charge in [-0.2, -0.15) is 0 Å². The van der Waals surface area contributed by atoms with Gasteiger partial charge in [0.15, 0.2) is 0 Å². The number of thiazole rings is 1. The molecule has 0 amide bonds. The van der Waals surface area contributed by atoms with Gasteiger partial charge in [0.05, 0.1) is 21.4 Å². The van der Waals surface area contributed by atoms with Crippen LogP contribution in [0.1, 0.15) is 35.6 Å². The quantitative estimate of drug-likeness (QED) is 0.394. The average Bonchev–Trinajstić information content (AvgIpc) is 3.28. The molecule has 2 aromatic carbocycles. The number of pyridine rings is 1. The Balaban J connectivity index is 1.62. The molecule has 3 aromatic heterocycles. The van der Waals surface area contributed by atoms with Crippen molar-refractivity contribution in [2.45, 2.75) is 18.8 Å². The van der Waals surface area contributed by atoms with Gasteiger partial charge in [0.25, 0.3) is 0 Å². The van der Waals surface area contributed by atoms with E-state index in [1.807, 2.05) is 23.8 Å². The van der Waals surface area contributed by atoms with Gasteiger partial charge in [-0.15, -0.1) is 11.3 Å². The van der Waals surface area contributed by atoms with Crippen LogP contribution in [0, 0.1) is 0 Å². The van der Waals surface area contributed by atoms with Crippen LogP contribution in [0.5, 0.6) is 0 Å². The lowest BCUT2D eigenvalue weighted by Gasteiger charge is -2.25. The highest BCUT2D eigenvalue weighted by molar-refractivity contribution is 7.16. The van der Waals surface area contributed by atoms with Crippen molar-refractivity contribution in [3.63, 3.8) is 0 Å². The summed E-state index contributed by atoms with van der Waals surface area (Å²) in [7, 11) is 0. The molecule has 152 valence electrons. The van der Waals surface area contributed by atoms with Gasteiger partial charge in [-0.3, -0.25) is 4.98 Å². The van der Waals surface area contributed by atoms with E-state index in [0.29, 0.717) is 5.82 Å². The molecule has 0 bridgehead atoms. The van der Waals surface area contributed by atoms with E-state index < -0.39 is 0 Å². The molecular formula is C25H21N5S. The number of nitrogens with zero attached hydrogens (tertiary/aromatic N) is 4. The summed E-state index contributed by atoms with van der Waals surface area (Å²) in [5.41, 5.74) is 14.5. The van der Waals surface area contributed by atoms with Gasteiger partial charge in [-0.25, -0.2) is 15.0 Å². The number of fused-ring (bicyclic) bond motifs is 1. The fourth-order valence-electron chi connectivity index (χ4n) is 4.07. The van der Waals surface area contributed by atoms with E-state index in [1.165, 1.54) is 15.8 Å². The van der Waals surface area contributed by atoms with Crippen LogP contribution in [-0.2, 0) is 0 Å². The largest absolute Gasteiger partial charge is 0.384 e. The van der Waals surface area contributed by atoms with Crippen molar-refractivity contribution in [3.8, 4) is 11.1 Å². The van der Waals surface area contributed by atoms with Gasteiger partial charge in [0.1, 0.15) is 12.1 Å². The highest BCUT2D eigenvalue weighted by Crippen LogP contribution is 2.39. The van der Waals surface area contributed by atoms with Gasteiger partial charge >= 0.3 is 0 Å². The molecule has 0 spiro atoms. The highest BCUT2D eigenvalue weighted by atomic mass is 32.1. The molecule has 6 heteroatoms. The lowest BCUT2D eigenvalue weighted by Crippen LogP contribution is -2.13. The average molecular weight is 424 g/mol. The SMILES string of the molecule is CC(c1ccc2ncsc2c1)C(c1cccc(-c2cccnc2)c1)c1cc(N)ncn1. The van der Waals surface area contributed by atoms with Gasteiger partial charge in [-0.1, -0.05) is 43.3 Å². The first-order chi connectivity index (χ1) is 15.2. The van der Waals surface area contributed by atoms with Crippen LogP contribution in [0.25, 0.3) is 21.3 Å². The molecule has 0 aliphatic heterocycles. The monoisotopic (exact) mass is 423 g/mol. The van der Waals surface area contributed by atoms with Gasteiger partial charge < -0.3 is 5.73 Å². The summed E-state index contributed by atoms with van der Waals surface area (Å²) in [5, 5.41) is 0. The van der Waals surface area contributed by atoms with E-state index in [4.69, 9.17) is 5.73 Å². The Kier molecular flexibility index (Phi) is 5.14. The zero-order valence-corrected chi connectivity index (χ0v) is 17.8. The van der Waals surface area contributed by atoms with Crippen molar-refractivity contribution in [1.29, 1.82) is 0 Å². The van der Waals surface area contributed by atoms with Crippen LogP contribution in [0.15, 0.2) is 84.9 Å². The van der Waals surface area contributed by atoms with Crippen LogP contribution in [0.2, 0.25) is 0 Å². The first-order valence-corrected chi connectivity index (χ1v) is 11.0. The van der Waals surface area contributed by atoms with Crippen LogP contribution in [0.4, 0.5) is 5.82 Å². The Labute approximate surface area is 184 Å². The molecule has 0 saturated heterocycles. The van der Waals surface area contributed by atoms with E-state index in [-0.39, 0.29) is 11.8 Å². The van der Waals surface area contributed by atoms with Crippen molar-refractivity contribution in [1.82, 2.24) is 19.9 Å². The molecule has 0 fully saturated rings. The van der Waals surface area contributed by atoms with E-state index in [1.54, 1.807) is 23.9 Å². The number of nitrogen functional groups attached to an aromatic ring is 1. The Hall–Kier alpha value is -3.64. The molecule has 0 aliphatic carbocycles. The summed E-state index contributed by atoms with van der Waals surface area (Å²) >= 11 is 1.66. The first-order valence-electron chi connectivity index (χ1n) is 10.1. The summed E-state index contributed by atoms with van der Waals surface area (Å²) < 4.78 is 1.19. The molecule has 0 saturated carbocycles. The number of hydrogen-bond donors (Lipinski definition) is 1. The summed E-state index contributed by atoms with van der Waals surface area (Å²) in [5.74, 6) is 0.667. The maximum absolute atomic E-state index is 6.03. The second kappa shape index (κ2) is 8.24. The van der Waals surface area contributed by atoms with Crippen molar-refractivity contribution >= 4 is 27.4 Å². The maximum atomic E-state index is 6.03. The Morgan fingerprint density at radius 2 is 1.77 bits per heavy atom. The summed E-state index contributed by atoms with van der Waals surface area (Å²) in [6.07, 6.45) is 5.22. The number of hydrogen-bond acceptors (Lipinski definition) is 6. The molecule has 5 nitrogen and oxygen atoms in total. The van der Waals surface area contributed by atoms with Gasteiger partial charge in [0.2, 0.25) is 0 Å². The fourth-order valence-corrected chi connectivity index (χ4v) is 4.79. The van der Waals surface area contributed by atoms with E-state index >= 15 is 0 Å². The van der Waals surface area contributed by atoms with E-state index in [0.717, 1.165) is 22.3 Å². The molecule has 0 aliphatic rings. The summed E-state index contributed by atoms with van der Waals surface area (Å²) in [6.45, 7) is 2.24. The van der Waals surface area contributed by atoms with Crippen molar-refractivity contribution < 1.29 is 0 Å². The van der Waals surface area contributed by atoms with Gasteiger partial charge in [0, 0.05) is 24.4 Å². The third-order valence-corrected chi connectivity index (χ3v) is 6.44. The van der Waals surface area contributed by atoms with Crippen molar-refractivity contribution in [2.75, 3.05) is 5.73 Å². The van der Waals surface area contributed by atoms with E-state index in [2.05, 4.69) is 75.4 Å². The molecule has 0 radical (unpaired) electrons. The third kappa shape index (κ3) is 3.90. The molecule has 31 heavy (non-hydrogen) atoms. The molecule has 5 aromatic rings. The predicted molar refractivity (Wildman–Crippen MR) is 126 cm³/mol. The second-order valence-corrected chi connectivity index (χ2v) is 8.47. The third-order valence-electron chi connectivity index (χ3n) is 5.65. The molecular weight excluding hydrogens is 402 g/mol. The van der Waals surface area contributed by atoms with Crippen LogP contribution < -0.4 is 5.73 Å². The topological polar surface area (TPSA) is 77.6 Å². The first kappa shape index (κ1) is 19.3. The second-order valence-electron chi connectivity index (χ2n) is 7.58. The fraction of sp³-hybridized carbons (Fsp3) is 0.120. The minimum absolute atomic E-state index is 0.0206. The zero-order chi connectivity index (χ0) is 21.2. The molecule has 2 N–H and O–H groups in total. The zero-order valence-electron chi connectivity index (χ0n) is 17.0. The Morgan fingerprint density at radius 1 is 0.871 bits per heavy atom. The standard InChI is InChI=1S/C25H21N5S/c1-16(17-7-8-21-23(11-17)31-15-30-21)25(22-12-24(26)29-14-28-22)19-5-2-4-18(10-19)20-6-3-9-27-13-20/h2-16,25H,1H3,(H2,26,28,29). The Bertz CT molecular complexity index is 1330. The highest BCUT2D eigenvalue weighted by Gasteiger charge is 2.25. The van der Waals surface area contributed by atoms with Crippen molar-refractivity contribution in [2.24, 2.45) is 0 Å². The number of benzene rings is 2. The number of rotatable bonds is 5. The minimum Gasteiger partial charge on any atom is -0.384 e. The predicted octanol–water partition coefficient (Wildman–Crippen LogP) is 5.67. The molecule has 2 atom stereocenters. The molecule has 3 heterocycles.